The van der Waals surface area contributed by atoms with Gasteiger partial charge >= 0.3 is 6.18 Å². The van der Waals surface area contributed by atoms with Crippen LogP contribution in [-0.4, -0.2) is 42.3 Å². The van der Waals surface area contributed by atoms with Crippen LogP contribution in [0.25, 0.3) is 0 Å². The van der Waals surface area contributed by atoms with Crippen LogP contribution in [0.5, 0.6) is 0 Å². The monoisotopic (exact) mass is 380 g/mol. The number of nitrogens with zero attached hydrogens (tertiary/aromatic N) is 3. The van der Waals surface area contributed by atoms with E-state index in [1.165, 1.54) is 34.0 Å². The van der Waals surface area contributed by atoms with Crippen LogP contribution >= 0.6 is 0 Å². The maximum absolute atomic E-state index is 13.0. The highest BCUT2D eigenvalue weighted by Gasteiger charge is 2.42. The first-order valence-electron chi connectivity index (χ1n) is 7.25. The molecular weight excluding hydrogens is 361 g/mol. The Bertz CT molecular complexity index is 840. The number of hydrogen-bond donors (Lipinski definition) is 3. The summed E-state index contributed by atoms with van der Waals surface area (Å²) in [6.45, 7) is 4.43. The Morgan fingerprint density at radius 1 is 1.40 bits per heavy atom. The number of allylic oxidation sites excluding steroid dienone is 1. The first-order valence-corrected chi connectivity index (χ1v) is 8.76. The molecule has 140 valence electrons. The van der Waals surface area contributed by atoms with Crippen molar-refractivity contribution >= 4 is 16.2 Å². The number of aliphatic imine (C=N–C) groups is 1. The lowest BCUT2D eigenvalue weighted by molar-refractivity contribution is -0.0875. The van der Waals surface area contributed by atoms with Crippen LogP contribution in [0.3, 0.4) is 0 Å². The van der Waals surface area contributed by atoms with E-state index in [2.05, 4.69) is 20.7 Å². The Balaban J connectivity index is 2.50. The standard InChI is InChI=1S/C13H19F3N6O2S/c1-7(2)25(23,24)22-8(3)9(6-20-22)13(17)19-5-10(12(14,15)16)11(18-4)21-13/h5-7,18,21H,17H2,1-4H3. The predicted octanol–water partition coefficient (Wildman–Crippen LogP) is 0.514. The molecule has 0 aromatic carbocycles. The quantitative estimate of drug-likeness (QED) is 0.701. The second-order valence-corrected chi connectivity index (χ2v) is 8.08. The molecule has 25 heavy (non-hydrogen) atoms. The summed E-state index contributed by atoms with van der Waals surface area (Å²) in [5, 5.41) is 7.95. The summed E-state index contributed by atoms with van der Waals surface area (Å²) in [7, 11) is -2.44. The van der Waals surface area contributed by atoms with Crippen molar-refractivity contribution in [2.75, 3.05) is 7.05 Å². The van der Waals surface area contributed by atoms with E-state index in [0.29, 0.717) is 6.21 Å². The first-order chi connectivity index (χ1) is 11.3. The van der Waals surface area contributed by atoms with E-state index >= 15 is 0 Å². The molecular formula is C13H19F3N6O2S. The molecule has 2 rings (SSSR count). The highest BCUT2D eigenvalue weighted by molar-refractivity contribution is 7.90. The second kappa shape index (κ2) is 6.02. The Morgan fingerprint density at radius 3 is 2.48 bits per heavy atom. The molecule has 1 unspecified atom stereocenters. The molecule has 0 amide bonds. The third-order valence-corrected chi connectivity index (χ3v) is 5.80. The zero-order chi connectivity index (χ0) is 19.2. The molecule has 1 aromatic rings. The number of alkyl halides is 3. The van der Waals surface area contributed by atoms with Crippen LogP contribution in [0.4, 0.5) is 13.2 Å². The Hall–Kier alpha value is -2.08. The molecule has 1 aliphatic rings. The highest BCUT2D eigenvalue weighted by Crippen LogP contribution is 2.32. The van der Waals surface area contributed by atoms with Gasteiger partial charge in [-0.3, -0.25) is 5.73 Å². The number of nitrogens with two attached hydrogens (primary N) is 1. The molecule has 0 bridgehead atoms. The summed E-state index contributed by atoms with van der Waals surface area (Å²) >= 11 is 0. The minimum atomic E-state index is -4.63. The number of rotatable bonds is 4. The van der Waals surface area contributed by atoms with E-state index in [4.69, 9.17) is 5.73 Å². The Labute approximate surface area is 143 Å². The van der Waals surface area contributed by atoms with E-state index in [9.17, 15) is 21.6 Å². The Kier molecular flexibility index (Phi) is 4.63. The van der Waals surface area contributed by atoms with Gasteiger partial charge in [0.05, 0.1) is 22.7 Å². The molecule has 4 N–H and O–H groups in total. The topological polar surface area (TPSA) is 114 Å². The van der Waals surface area contributed by atoms with Gasteiger partial charge in [0.1, 0.15) is 11.4 Å². The number of aromatic nitrogens is 2. The molecule has 1 atom stereocenters. The summed E-state index contributed by atoms with van der Waals surface area (Å²) in [5.74, 6) is -2.16. The number of hydrogen-bond acceptors (Lipinski definition) is 7. The molecule has 0 radical (unpaired) electrons. The highest BCUT2D eigenvalue weighted by atomic mass is 32.2. The summed E-state index contributed by atoms with van der Waals surface area (Å²) in [5.41, 5.74) is 5.37. The van der Waals surface area contributed by atoms with Gasteiger partial charge in [0, 0.05) is 13.3 Å². The lowest BCUT2D eigenvalue weighted by Gasteiger charge is -2.33. The van der Waals surface area contributed by atoms with Crippen molar-refractivity contribution in [1.82, 2.24) is 19.8 Å². The average Bonchev–Trinajstić information content (AvgIpc) is 2.88. The van der Waals surface area contributed by atoms with Gasteiger partial charge < -0.3 is 10.6 Å². The van der Waals surface area contributed by atoms with Gasteiger partial charge in [0.25, 0.3) is 10.0 Å². The van der Waals surface area contributed by atoms with E-state index in [-0.39, 0.29) is 17.1 Å². The van der Waals surface area contributed by atoms with Crippen LogP contribution in [0.1, 0.15) is 25.1 Å². The van der Waals surface area contributed by atoms with E-state index < -0.39 is 32.8 Å². The summed E-state index contributed by atoms with van der Waals surface area (Å²) in [6.07, 6.45) is -2.85. The van der Waals surface area contributed by atoms with Crippen molar-refractivity contribution in [1.29, 1.82) is 0 Å². The van der Waals surface area contributed by atoms with Crippen LogP contribution in [0.2, 0.25) is 0 Å². The fourth-order valence-corrected chi connectivity index (χ4v) is 3.35. The van der Waals surface area contributed by atoms with Crippen LogP contribution < -0.4 is 16.4 Å². The van der Waals surface area contributed by atoms with Gasteiger partial charge in [0.2, 0.25) is 5.79 Å². The SMILES string of the molecule is CNC1=C(C(F)(F)F)C=NC(N)(c2cnn(S(=O)(=O)C(C)C)c2C)N1. The molecule has 12 heteroatoms. The smallest absolute Gasteiger partial charge is 0.374 e. The zero-order valence-corrected chi connectivity index (χ0v) is 14.8. The van der Waals surface area contributed by atoms with Crippen LogP contribution in [0.15, 0.2) is 22.6 Å². The fraction of sp³-hybridized carbons (Fsp3) is 0.538. The molecule has 0 spiro atoms. The lowest BCUT2D eigenvalue weighted by Crippen LogP contribution is -2.54. The van der Waals surface area contributed by atoms with Gasteiger partial charge in [0.15, 0.2) is 0 Å². The predicted molar refractivity (Wildman–Crippen MR) is 86.1 cm³/mol. The average molecular weight is 380 g/mol. The maximum atomic E-state index is 13.0. The van der Waals surface area contributed by atoms with Gasteiger partial charge in [-0.2, -0.15) is 22.4 Å². The third-order valence-electron chi connectivity index (χ3n) is 3.75. The minimum Gasteiger partial charge on any atom is -0.374 e. The van der Waals surface area contributed by atoms with Crippen molar-refractivity contribution in [2.24, 2.45) is 10.7 Å². The van der Waals surface area contributed by atoms with Crippen molar-refractivity contribution in [3.63, 3.8) is 0 Å². The largest absolute Gasteiger partial charge is 0.421 e. The van der Waals surface area contributed by atoms with Crippen molar-refractivity contribution < 1.29 is 21.6 Å². The molecule has 0 saturated carbocycles. The molecule has 1 aromatic heterocycles. The summed E-state index contributed by atoms with van der Waals surface area (Å²) < 4.78 is 64.4. The maximum Gasteiger partial charge on any atom is 0.421 e. The molecule has 8 nitrogen and oxygen atoms in total. The second-order valence-electron chi connectivity index (χ2n) is 5.77. The molecule has 0 saturated heterocycles. The zero-order valence-electron chi connectivity index (χ0n) is 14.0. The lowest BCUT2D eigenvalue weighted by atomic mass is 10.1. The first kappa shape index (κ1) is 19.2. The van der Waals surface area contributed by atoms with E-state index in [1.807, 2.05) is 0 Å². The van der Waals surface area contributed by atoms with Crippen LogP contribution in [0, 0.1) is 6.92 Å². The van der Waals surface area contributed by atoms with Crippen LogP contribution in [-0.2, 0) is 15.8 Å². The van der Waals surface area contributed by atoms with Gasteiger partial charge in [-0.25, -0.2) is 13.4 Å². The molecule has 0 aliphatic carbocycles. The van der Waals surface area contributed by atoms with E-state index in [0.717, 1.165) is 4.09 Å². The van der Waals surface area contributed by atoms with Gasteiger partial charge in [-0.15, -0.1) is 0 Å². The molecule has 0 fully saturated rings. The van der Waals surface area contributed by atoms with Crippen molar-refractivity contribution in [2.45, 2.75) is 38.0 Å². The molecule has 1 aliphatic heterocycles. The number of nitrogens with one attached hydrogen (secondary N) is 2. The number of halogens is 3. The summed E-state index contributed by atoms with van der Waals surface area (Å²) in [4.78, 5) is 3.75. The Morgan fingerprint density at radius 2 is 2.00 bits per heavy atom. The fourth-order valence-electron chi connectivity index (χ4n) is 2.29. The molecule has 2 heterocycles. The van der Waals surface area contributed by atoms with E-state index in [1.54, 1.807) is 0 Å². The van der Waals surface area contributed by atoms with Crippen molar-refractivity contribution in [3.05, 3.63) is 28.8 Å². The summed E-state index contributed by atoms with van der Waals surface area (Å²) in [6, 6.07) is 0. The van der Waals surface area contributed by atoms with Gasteiger partial charge in [-0.1, -0.05) is 0 Å². The van der Waals surface area contributed by atoms with Gasteiger partial charge in [-0.05, 0) is 20.8 Å². The van der Waals surface area contributed by atoms with Crippen molar-refractivity contribution in [3.8, 4) is 0 Å². The normalized spacial score (nSPS) is 21.6. The third kappa shape index (κ3) is 3.23. The minimum absolute atomic E-state index is 0.141.